The molecule has 1 heterocycles. The van der Waals surface area contributed by atoms with E-state index in [0.717, 1.165) is 16.9 Å². The molecule has 2 aliphatic carbocycles. The van der Waals surface area contributed by atoms with Crippen molar-refractivity contribution in [2.24, 2.45) is 34.3 Å². The maximum atomic E-state index is 7.93. The van der Waals surface area contributed by atoms with Gasteiger partial charge in [-0.2, -0.15) is 0 Å². The van der Waals surface area contributed by atoms with Gasteiger partial charge in [0.15, 0.2) is 0 Å². The van der Waals surface area contributed by atoms with E-state index in [4.69, 9.17) is 28.1 Å². The summed E-state index contributed by atoms with van der Waals surface area (Å²) in [6.07, 6.45) is 6.52. The molecule has 2 aromatic carbocycles. The van der Waals surface area contributed by atoms with Crippen molar-refractivity contribution in [3.8, 4) is 0 Å². The van der Waals surface area contributed by atoms with Crippen LogP contribution in [0.3, 0.4) is 0 Å². The molecule has 12 N–H and O–H groups in total. The molecule has 2 fully saturated rings. The zero-order valence-electron chi connectivity index (χ0n) is 21.0. The van der Waals surface area contributed by atoms with Crippen molar-refractivity contribution >= 4 is 41.9 Å². The quantitative estimate of drug-likeness (QED) is 0.133. The van der Waals surface area contributed by atoms with Gasteiger partial charge >= 0.3 is 0 Å². The first-order valence-electron chi connectivity index (χ1n) is 11.9. The average Bonchev–Trinajstić information content (AvgIpc) is 3.49. The zero-order valence-corrected chi connectivity index (χ0v) is 21.0. The number of fused-ring (bicyclic) bond motifs is 7. The number of hydrogen-bond donors (Lipinski definition) is 8. The lowest BCUT2D eigenvalue weighted by atomic mass is 9.67. The van der Waals surface area contributed by atoms with E-state index >= 15 is 0 Å². The van der Waals surface area contributed by atoms with Crippen molar-refractivity contribution in [3.05, 3.63) is 47.0 Å². The predicted octanol–water partition coefficient (Wildman–Crippen LogP) is 4.61. The van der Waals surface area contributed by atoms with Gasteiger partial charge in [-0.05, 0) is 105 Å². The molecule has 2 saturated carbocycles. The Morgan fingerprint density at radius 1 is 1.08 bits per heavy atom. The Morgan fingerprint density at radius 3 is 2.25 bits per heavy atom. The van der Waals surface area contributed by atoms with Crippen LogP contribution in [0, 0.1) is 28.6 Å². The third kappa shape index (κ3) is 5.85. The SMILES string of the molecule is C.C=NC.CC=N.CN.N=Cc1c(N)ccc2c1C1C3CCC(C3)C1C(c1ccc(N)c(NN)c1)N2. The van der Waals surface area contributed by atoms with Crippen molar-refractivity contribution < 1.29 is 0 Å². The first-order valence-corrected chi connectivity index (χ1v) is 11.9. The van der Waals surface area contributed by atoms with Crippen LogP contribution in [0.5, 0.6) is 0 Å². The maximum Gasteiger partial charge on any atom is 0.0719 e. The van der Waals surface area contributed by atoms with E-state index in [0.29, 0.717) is 35.0 Å². The summed E-state index contributed by atoms with van der Waals surface area (Å²) in [5.41, 5.74) is 26.0. The second kappa shape index (κ2) is 14.2. The van der Waals surface area contributed by atoms with Crippen molar-refractivity contribution in [1.82, 2.24) is 0 Å². The van der Waals surface area contributed by atoms with Crippen molar-refractivity contribution in [3.63, 3.8) is 0 Å². The van der Waals surface area contributed by atoms with Crippen LogP contribution in [0.15, 0.2) is 35.3 Å². The van der Waals surface area contributed by atoms with Crippen molar-refractivity contribution in [2.45, 2.75) is 45.6 Å². The smallest absolute Gasteiger partial charge is 0.0719 e. The third-order valence-corrected chi connectivity index (χ3v) is 7.07. The number of nitrogens with two attached hydrogens (primary N) is 4. The first-order chi connectivity index (χ1) is 16.9. The molecule has 0 amide bonds. The molecule has 0 radical (unpaired) electrons. The molecule has 36 heavy (non-hydrogen) atoms. The van der Waals surface area contributed by atoms with E-state index < -0.39 is 0 Å². The molecule has 5 unspecified atom stereocenters. The molecule has 2 aromatic rings. The molecule has 0 spiro atoms. The van der Waals surface area contributed by atoms with Crippen LogP contribution in [0.4, 0.5) is 22.7 Å². The molecular weight excluding hydrogens is 450 g/mol. The van der Waals surface area contributed by atoms with Crippen LogP contribution in [-0.2, 0) is 0 Å². The molecule has 5 atom stereocenters. The number of hydrazine groups is 1. The fraction of sp³-hybridized carbons (Fsp3) is 0.444. The Labute approximate surface area is 216 Å². The normalized spacial score (nSPS) is 23.6. The molecular formula is C27H45N9. The average molecular weight is 496 g/mol. The van der Waals surface area contributed by atoms with Crippen LogP contribution in [0.1, 0.15) is 62.3 Å². The zero-order chi connectivity index (χ0) is 26.1. The van der Waals surface area contributed by atoms with Crippen molar-refractivity contribution in [2.75, 3.05) is 36.3 Å². The Bertz CT molecular complexity index is 1010. The van der Waals surface area contributed by atoms with Crippen LogP contribution in [0.25, 0.3) is 0 Å². The summed E-state index contributed by atoms with van der Waals surface area (Å²) in [6.45, 7) is 4.78. The molecule has 5 rings (SSSR count). The number of nitrogen functional groups attached to an aromatic ring is 3. The molecule has 198 valence electrons. The molecule has 0 saturated heterocycles. The number of anilines is 4. The van der Waals surface area contributed by atoms with Crippen molar-refractivity contribution in [1.29, 1.82) is 10.8 Å². The van der Waals surface area contributed by atoms with Gasteiger partial charge in [-0.15, -0.1) is 0 Å². The van der Waals surface area contributed by atoms with Gasteiger partial charge in [0.25, 0.3) is 0 Å². The van der Waals surface area contributed by atoms with Gasteiger partial charge in [0.1, 0.15) is 0 Å². The largest absolute Gasteiger partial charge is 0.398 e. The lowest BCUT2D eigenvalue weighted by Gasteiger charge is -2.44. The molecule has 9 nitrogen and oxygen atoms in total. The molecule has 9 heteroatoms. The van der Waals surface area contributed by atoms with E-state index in [1.807, 2.05) is 12.1 Å². The van der Waals surface area contributed by atoms with Gasteiger partial charge in [0.2, 0.25) is 0 Å². The highest BCUT2D eigenvalue weighted by atomic mass is 15.2. The van der Waals surface area contributed by atoms with Gasteiger partial charge in [-0.25, -0.2) is 0 Å². The Morgan fingerprint density at radius 2 is 1.67 bits per heavy atom. The standard InChI is InChI=1S/C21H26N6.2C2H5N.CH5N.CH4/c22-9-13-14(23)5-6-16-20(13)18-10-1-2-11(7-10)19(18)21(26-16)12-3-4-15(24)17(8-12)27-25;1-3-2;1-2-3;1-2;/h3-6,8-11,18-19,21-22,26-27H,1-2,7,23-25H2;1H2,2H3;2-3H,1H3;2H2,1H3;1H4. The fourth-order valence-electron chi connectivity index (χ4n) is 6.00. The minimum atomic E-state index is 0. The number of nitrogens with one attached hydrogen (secondary N) is 4. The minimum Gasteiger partial charge on any atom is -0.398 e. The number of benzene rings is 2. The van der Waals surface area contributed by atoms with Crippen LogP contribution >= 0.6 is 0 Å². The monoisotopic (exact) mass is 495 g/mol. The summed E-state index contributed by atoms with van der Waals surface area (Å²) in [6, 6.07) is 10.3. The lowest BCUT2D eigenvalue weighted by Crippen LogP contribution is -2.36. The third-order valence-electron chi connectivity index (χ3n) is 7.07. The fourth-order valence-corrected chi connectivity index (χ4v) is 6.00. The van der Waals surface area contributed by atoms with Crippen LogP contribution < -0.4 is 33.8 Å². The molecule has 2 bridgehead atoms. The van der Waals surface area contributed by atoms with E-state index in [1.54, 1.807) is 14.0 Å². The summed E-state index contributed by atoms with van der Waals surface area (Å²) >= 11 is 0. The van der Waals surface area contributed by atoms with E-state index in [9.17, 15) is 0 Å². The predicted molar refractivity (Wildman–Crippen MR) is 158 cm³/mol. The van der Waals surface area contributed by atoms with Gasteiger partial charge in [-0.3, -0.25) is 5.84 Å². The van der Waals surface area contributed by atoms with E-state index in [2.05, 4.69) is 46.4 Å². The van der Waals surface area contributed by atoms with Gasteiger partial charge in [0.05, 0.1) is 17.4 Å². The summed E-state index contributed by atoms with van der Waals surface area (Å²) < 4.78 is 0. The van der Waals surface area contributed by atoms with E-state index in [-0.39, 0.29) is 13.5 Å². The summed E-state index contributed by atoms with van der Waals surface area (Å²) in [5, 5.41) is 17.8. The summed E-state index contributed by atoms with van der Waals surface area (Å²) in [7, 11) is 3.14. The lowest BCUT2D eigenvalue weighted by molar-refractivity contribution is 0.247. The van der Waals surface area contributed by atoms with Gasteiger partial charge < -0.3 is 43.8 Å². The Kier molecular flexibility index (Phi) is 12.1. The van der Waals surface area contributed by atoms with Crippen LogP contribution in [-0.4, -0.2) is 33.2 Å². The second-order valence-electron chi connectivity index (χ2n) is 8.83. The summed E-state index contributed by atoms with van der Waals surface area (Å²) in [4.78, 5) is 3.25. The first kappa shape index (κ1) is 30.6. The number of hydrogen-bond acceptors (Lipinski definition) is 9. The second-order valence-corrected chi connectivity index (χ2v) is 8.83. The maximum absolute atomic E-state index is 7.93. The Balaban J connectivity index is 0.000000647. The van der Waals surface area contributed by atoms with Crippen LogP contribution in [0.2, 0.25) is 0 Å². The molecule has 1 aliphatic heterocycles. The highest BCUT2D eigenvalue weighted by Gasteiger charge is 2.54. The highest BCUT2D eigenvalue weighted by Crippen LogP contribution is 2.64. The minimum absolute atomic E-state index is 0. The van der Waals surface area contributed by atoms with Gasteiger partial charge in [0, 0.05) is 30.2 Å². The number of rotatable bonds is 3. The highest BCUT2D eigenvalue weighted by molar-refractivity contribution is 5.91. The van der Waals surface area contributed by atoms with Gasteiger partial charge in [-0.1, -0.05) is 13.5 Å². The topological polar surface area (TPSA) is 188 Å². The Hall–Kier alpha value is -3.43. The number of nitrogens with zero attached hydrogens (tertiary/aromatic N) is 1. The van der Waals surface area contributed by atoms with E-state index in [1.165, 1.54) is 49.9 Å². The molecule has 3 aliphatic rings. The molecule has 0 aromatic heterocycles. The number of aliphatic imine (C=N–C) groups is 1. The summed E-state index contributed by atoms with van der Waals surface area (Å²) in [5.74, 6) is 8.01.